The molecule has 0 saturated carbocycles. The molecule has 1 amide bonds. The molecule has 1 aromatic heterocycles. The molecule has 2 heterocycles. The number of carboxylic acid groups (broad SMARTS) is 1. The summed E-state index contributed by atoms with van der Waals surface area (Å²) in [7, 11) is 0. The predicted octanol–water partition coefficient (Wildman–Crippen LogP) is 0.460. The van der Waals surface area contributed by atoms with Gasteiger partial charge in [0.15, 0.2) is 0 Å². The van der Waals surface area contributed by atoms with Gasteiger partial charge in [0, 0.05) is 31.4 Å². The number of carbonyl (C=O) groups is 2. The van der Waals surface area contributed by atoms with Crippen LogP contribution in [0.25, 0.3) is 0 Å². The molecule has 156 valence electrons. The van der Waals surface area contributed by atoms with Crippen molar-refractivity contribution in [1.29, 1.82) is 0 Å². The number of alkyl carbamates (subject to hydrolysis) is 1. The van der Waals surface area contributed by atoms with Gasteiger partial charge >= 0.3 is 17.8 Å². The van der Waals surface area contributed by atoms with Crippen molar-refractivity contribution < 1.29 is 19.4 Å². The number of aromatic amines is 1. The van der Waals surface area contributed by atoms with E-state index in [4.69, 9.17) is 4.74 Å². The van der Waals surface area contributed by atoms with E-state index >= 15 is 0 Å². The lowest BCUT2D eigenvalue weighted by Crippen LogP contribution is -2.52. The monoisotopic (exact) mass is 396 g/mol. The molecule has 1 aliphatic rings. The predicted molar refractivity (Wildman–Crippen MR) is 102 cm³/mol. The van der Waals surface area contributed by atoms with Gasteiger partial charge in [-0.1, -0.05) is 0 Å². The van der Waals surface area contributed by atoms with Crippen molar-refractivity contribution in [1.82, 2.24) is 19.8 Å². The highest BCUT2D eigenvalue weighted by Gasteiger charge is 2.34. The van der Waals surface area contributed by atoms with Gasteiger partial charge in [-0.2, -0.15) is 0 Å². The Hall–Kier alpha value is -2.62. The number of carbonyl (C=O) groups excluding carboxylic acids is 1. The summed E-state index contributed by atoms with van der Waals surface area (Å²) in [5, 5.41) is 12.1. The maximum atomic E-state index is 12.1. The van der Waals surface area contributed by atoms with E-state index in [9.17, 15) is 24.3 Å². The molecule has 28 heavy (non-hydrogen) atoms. The highest BCUT2D eigenvalue weighted by atomic mass is 16.6. The molecule has 2 atom stereocenters. The van der Waals surface area contributed by atoms with Crippen LogP contribution in [0.1, 0.15) is 45.2 Å². The van der Waals surface area contributed by atoms with Crippen LogP contribution in [0.4, 0.5) is 4.79 Å². The van der Waals surface area contributed by atoms with E-state index in [-0.39, 0.29) is 12.6 Å². The first-order valence-electron chi connectivity index (χ1n) is 9.23. The number of nitrogens with zero attached hydrogens (tertiary/aromatic N) is 2. The molecule has 1 fully saturated rings. The van der Waals surface area contributed by atoms with E-state index in [1.54, 1.807) is 32.6 Å². The molecule has 0 aliphatic carbocycles. The maximum absolute atomic E-state index is 12.1. The van der Waals surface area contributed by atoms with Crippen LogP contribution < -0.4 is 16.6 Å². The molecule has 1 saturated heterocycles. The third-order valence-electron chi connectivity index (χ3n) is 4.55. The van der Waals surface area contributed by atoms with Gasteiger partial charge in [-0.05, 0) is 40.5 Å². The summed E-state index contributed by atoms with van der Waals surface area (Å²) < 4.78 is 6.62. The molecule has 10 nitrogen and oxygen atoms in total. The normalized spacial score (nSPS) is 20.6. The molecule has 0 radical (unpaired) electrons. The number of aliphatic carboxylic acids is 1. The third kappa shape index (κ3) is 5.69. The van der Waals surface area contributed by atoms with Crippen LogP contribution in [0.15, 0.2) is 15.8 Å². The Labute approximate surface area is 162 Å². The lowest BCUT2D eigenvalue weighted by Gasteiger charge is -2.38. The summed E-state index contributed by atoms with van der Waals surface area (Å²) in [4.78, 5) is 51.1. The maximum Gasteiger partial charge on any atom is 0.407 e. The number of aromatic nitrogens is 2. The molecule has 0 bridgehead atoms. The first-order valence-corrected chi connectivity index (χ1v) is 9.23. The second-order valence-corrected chi connectivity index (χ2v) is 7.99. The fourth-order valence-electron chi connectivity index (χ4n) is 3.25. The van der Waals surface area contributed by atoms with Crippen LogP contribution in [-0.4, -0.2) is 62.9 Å². The zero-order valence-corrected chi connectivity index (χ0v) is 16.7. The summed E-state index contributed by atoms with van der Waals surface area (Å²) in [6, 6.07) is -0.962. The molecule has 1 aliphatic heterocycles. The number of H-pyrrole nitrogens is 1. The van der Waals surface area contributed by atoms with Crippen LogP contribution in [0.3, 0.4) is 0 Å². The highest BCUT2D eigenvalue weighted by Crippen LogP contribution is 2.24. The zero-order valence-electron chi connectivity index (χ0n) is 16.7. The Bertz CT molecular complexity index is 838. The molecule has 0 unspecified atom stereocenters. The number of aryl methyl sites for hydroxylation is 1. The van der Waals surface area contributed by atoms with Gasteiger partial charge in [0.1, 0.15) is 11.6 Å². The minimum absolute atomic E-state index is 0.213. The SMILES string of the molecule is Cc1cn([C@@H]2CC[C@@H](C(=O)O)N(CCNC(=O)OC(C)(C)C)C2)c(=O)[nH]c1=O. The van der Waals surface area contributed by atoms with Crippen molar-refractivity contribution in [2.45, 2.75) is 58.2 Å². The Morgan fingerprint density at radius 1 is 1.32 bits per heavy atom. The van der Waals surface area contributed by atoms with Crippen molar-refractivity contribution in [2.24, 2.45) is 0 Å². The van der Waals surface area contributed by atoms with Gasteiger partial charge in [0.2, 0.25) is 0 Å². The minimum Gasteiger partial charge on any atom is -0.480 e. The Kier molecular flexibility index (Phi) is 6.65. The van der Waals surface area contributed by atoms with Crippen LogP contribution in [-0.2, 0) is 9.53 Å². The van der Waals surface area contributed by atoms with E-state index < -0.39 is 35.0 Å². The first kappa shape index (κ1) is 21.7. The summed E-state index contributed by atoms with van der Waals surface area (Å²) in [5.74, 6) is -0.944. The summed E-state index contributed by atoms with van der Waals surface area (Å²) >= 11 is 0. The van der Waals surface area contributed by atoms with Crippen molar-refractivity contribution in [2.75, 3.05) is 19.6 Å². The number of carboxylic acids is 1. The van der Waals surface area contributed by atoms with Crippen LogP contribution in [0.5, 0.6) is 0 Å². The van der Waals surface area contributed by atoms with Crippen molar-refractivity contribution in [3.63, 3.8) is 0 Å². The Balaban J connectivity index is 2.07. The number of nitrogens with one attached hydrogen (secondary N) is 2. The average Bonchev–Trinajstić information content (AvgIpc) is 2.56. The second kappa shape index (κ2) is 8.59. The number of ether oxygens (including phenoxy) is 1. The Morgan fingerprint density at radius 3 is 2.61 bits per heavy atom. The number of amides is 1. The fourth-order valence-corrected chi connectivity index (χ4v) is 3.25. The largest absolute Gasteiger partial charge is 0.480 e. The van der Waals surface area contributed by atoms with Gasteiger partial charge in [-0.15, -0.1) is 0 Å². The highest BCUT2D eigenvalue weighted by molar-refractivity contribution is 5.73. The number of rotatable bonds is 5. The molecular weight excluding hydrogens is 368 g/mol. The topological polar surface area (TPSA) is 134 Å². The third-order valence-corrected chi connectivity index (χ3v) is 4.55. The van der Waals surface area contributed by atoms with E-state index in [1.807, 2.05) is 0 Å². The Morgan fingerprint density at radius 2 is 2.00 bits per heavy atom. The minimum atomic E-state index is -0.944. The molecule has 3 N–H and O–H groups in total. The van der Waals surface area contributed by atoms with Crippen LogP contribution in [0, 0.1) is 6.92 Å². The quantitative estimate of drug-likeness (QED) is 0.658. The van der Waals surface area contributed by atoms with E-state index in [1.165, 1.54) is 10.8 Å². The van der Waals surface area contributed by atoms with Crippen molar-refractivity contribution >= 4 is 12.1 Å². The molecule has 1 aromatic rings. The number of hydrogen-bond donors (Lipinski definition) is 3. The van der Waals surface area contributed by atoms with Crippen molar-refractivity contribution in [3.05, 3.63) is 32.6 Å². The zero-order chi connectivity index (χ0) is 21.1. The van der Waals surface area contributed by atoms with Gasteiger partial charge in [0.25, 0.3) is 5.56 Å². The summed E-state index contributed by atoms with van der Waals surface area (Å²) in [5.41, 5.74) is -1.15. The molecule has 0 spiro atoms. The number of likely N-dealkylation sites (tertiary alicyclic amines) is 1. The smallest absolute Gasteiger partial charge is 0.407 e. The van der Waals surface area contributed by atoms with Crippen molar-refractivity contribution in [3.8, 4) is 0 Å². The molecule has 0 aromatic carbocycles. The van der Waals surface area contributed by atoms with E-state index in [0.29, 0.717) is 31.5 Å². The molecule has 2 rings (SSSR count). The average molecular weight is 396 g/mol. The number of piperidine rings is 1. The lowest BCUT2D eigenvalue weighted by molar-refractivity contribution is -0.145. The number of hydrogen-bond acceptors (Lipinski definition) is 6. The molecule has 10 heteroatoms. The summed E-state index contributed by atoms with van der Waals surface area (Å²) in [6.45, 7) is 7.71. The van der Waals surface area contributed by atoms with Gasteiger partial charge < -0.3 is 15.2 Å². The van der Waals surface area contributed by atoms with E-state index in [2.05, 4.69) is 10.3 Å². The fraction of sp³-hybridized carbons (Fsp3) is 0.667. The summed E-state index contributed by atoms with van der Waals surface area (Å²) in [6.07, 6.45) is 1.79. The first-order chi connectivity index (χ1) is 13.0. The van der Waals surface area contributed by atoms with Crippen LogP contribution >= 0.6 is 0 Å². The van der Waals surface area contributed by atoms with Gasteiger partial charge in [-0.3, -0.25) is 24.0 Å². The standard InChI is InChI=1S/C18H28N4O6/c1-11-9-22(16(26)20-14(11)23)12-5-6-13(15(24)25)21(10-12)8-7-19-17(27)28-18(2,3)4/h9,12-13H,5-8,10H2,1-4H3,(H,19,27)(H,24,25)(H,20,23,26)/t12-,13+/m1/s1. The van der Waals surface area contributed by atoms with Gasteiger partial charge in [-0.25, -0.2) is 9.59 Å². The van der Waals surface area contributed by atoms with E-state index in [0.717, 1.165) is 0 Å². The molecular formula is C18H28N4O6. The second-order valence-electron chi connectivity index (χ2n) is 7.99. The van der Waals surface area contributed by atoms with Crippen LogP contribution in [0.2, 0.25) is 0 Å². The van der Waals surface area contributed by atoms with Gasteiger partial charge in [0.05, 0.1) is 6.04 Å². The lowest BCUT2D eigenvalue weighted by atomic mass is 9.98.